The third-order valence-electron chi connectivity index (χ3n) is 6.70. The SMILES string of the molecule is CC(C)C[C@H](N)C(=O)N[C@@H](C)C(=O)N1CCC[C@H]1C(=O)N[C@@H](C)C(=O)N[C@@H](CCC(=O)O)C(=O)N[C@@H](CC(=O)O)C(N)=O. The van der Waals surface area contributed by atoms with Crippen LogP contribution in [0.25, 0.3) is 0 Å². The molecule has 1 aliphatic heterocycles. The van der Waals surface area contributed by atoms with Crippen LogP contribution in [0.2, 0.25) is 0 Å². The highest BCUT2D eigenvalue weighted by Gasteiger charge is 2.38. The predicted octanol–water partition coefficient (Wildman–Crippen LogP) is -2.85. The molecule has 0 aromatic heterocycles. The van der Waals surface area contributed by atoms with Gasteiger partial charge in [0.05, 0.1) is 12.5 Å². The van der Waals surface area contributed by atoms with Gasteiger partial charge in [0.2, 0.25) is 35.4 Å². The zero-order valence-electron chi connectivity index (χ0n) is 24.8. The van der Waals surface area contributed by atoms with E-state index in [-0.39, 0.29) is 12.5 Å². The Hall–Kier alpha value is -4.28. The Labute approximate surface area is 248 Å². The van der Waals surface area contributed by atoms with E-state index in [4.69, 9.17) is 21.7 Å². The second kappa shape index (κ2) is 17.0. The van der Waals surface area contributed by atoms with Crippen LogP contribution in [-0.2, 0) is 38.4 Å². The Balaban J connectivity index is 2.88. The van der Waals surface area contributed by atoms with Gasteiger partial charge in [-0.2, -0.15) is 0 Å². The number of likely N-dealkylation sites (tertiary alicyclic amines) is 1. The summed E-state index contributed by atoms with van der Waals surface area (Å²) in [5, 5.41) is 27.4. The van der Waals surface area contributed by atoms with Gasteiger partial charge in [-0.1, -0.05) is 13.8 Å². The molecule has 6 atom stereocenters. The van der Waals surface area contributed by atoms with E-state index in [0.717, 1.165) is 0 Å². The van der Waals surface area contributed by atoms with E-state index >= 15 is 0 Å². The van der Waals surface area contributed by atoms with E-state index in [9.17, 15) is 38.4 Å². The molecule has 0 radical (unpaired) electrons. The molecular weight excluding hydrogens is 570 g/mol. The van der Waals surface area contributed by atoms with Gasteiger partial charge in [0, 0.05) is 13.0 Å². The molecule has 10 N–H and O–H groups in total. The Morgan fingerprint density at radius 3 is 1.95 bits per heavy atom. The van der Waals surface area contributed by atoms with Crippen molar-refractivity contribution in [1.29, 1.82) is 0 Å². The third kappa shape index (κ3) is 12.2. The number of carbonyl (C=O) groups excluding carboxylic acids is 6. The molecule has 1 rings (SSSR count). The number of primary amides is 1. The number of carbonyl (C=O) groups is 8. The average molecular weight is 614 g/mol. The van der Waals surface area contributed by atoms with Crippen molar-refractivity contribution < 1.29 is 48.6 Å². The molecule has 1 saturated heterocycles. The fraction of sp³-hybridized carbons (Fsp3) is 0.692. The van der Waals surface area contributed by atoms with Crippen molar-refractivity contribution in [3.8, 4) is 0 Å². The van der Waals surface area contributed by atoms with Crippen molar-refractivity contribution in [2.45, 2.75) is 102 Å². The van der Waals surface area contributed by atoms with Crippen LogP contribution < -0.4 is 32.7 Å². The zero-order valence-corrected chi connectivity index (χ0v) is 24.8. The molecular formula is C26H43N7O10. The molecule has 0 aromatic carbocycles. The van der Waals surface area contributed by atoms with Crippen LogP contribution in [0.15, 0.2) is 0 Å². The zero-order chi connectivity index (χ0) is 33.0. The molecule has 242 valence electrons. The molecule has 1 aliphatic rings. The maximum Gasteiger partial charge on any atom is 0.305 e. The Morgan fingerprint density at radius 2 is 1.42 bits per heavy atom. The summed E-state index contributed by atoms with van der Waals surface area (Å²) in [6.45, 7) is 6.83. The summed E-state index contributed by atoms with van der Waals surface area (Å²) in [4.78, 5) is 98.9. The normalized spacial score (nSPS) is 18.0. The lowest BCUT2D eigenvalue weighted by Gasteiger charge is -2.29. The molecule has 1 heterocycles. The van der Waals surface area contributed by atoms with Gasteiger partial charge in [-0.25, -0.2) is 0 Å². The van der Waals surface area contributed by atoms with Crippen molar-refractivity contribution >= 4 is 47.4 Å². The molecule has 6 amide bonds. The number of aliphatic carboxylic acids is 2. The first kappa shape index (κ1) is 36.7. The first-order chi connectivity index (χ1) is 19.9. The van der Waals surface area contributed by atoms with Crippen molar-refractivity contribution in [2.24, 2.45) is 17.4 Å². The highest BCUT2D eigenvalue weighted by atomic mass is 16.4. The van der Waals surface area contributed by atoms with Crippen LogP contribution in [0.4, 0.5) is 0 Å². The predicted molar refractivity (Wildman–Crippen MR) is 150 cm³/mol. The van der Waals surface area contributed by atoms with Crippen LogP contribution in [0.3, 0.4) is 0 Å². The van der Waals surface area contributed by atoms with Gasteiger partial charge < -0.3 is 47.8 Å². The van der Waals surface area contributed by atoms with E-state index in [2.05, 4.69) is 21.3 Å². The molecule has 17 heteroatoms. The van der Waals surface area contributed by atoms with E-state index < -0.39 is 103 Å². The van der Waals surface area contributed by atoms with Crippen molar-refractivity contribution in [3.63, 3.8) is 0 Å². The Bertz CT molecular complexity index is 1080. The lowest BCUT2D eigenvalue weighted by Crippen LogP contribution is -2.58. The van der Waals surface area contributed by atoms with Crippen LogP contribution in [0.1, 0.15) is 66.2 Å². The van der Waals surface area contributed by atoms with Crippen LogP contribution in [-0.4, -0.2) is 105 Å². The smallest absolute Gasteiger partial charge is 0.305 e. The third-order valence-corrected chi connectivity index (χ3v) is 6.70. The molecule has 0 saturated carbocycles. The van der Waals surface area contributed by atoms with Gasteiger partial charge in [-0.15, -0.1) is 0 Å². The largest absolute Gasteiger partial charge is 0.481 e. The fourth-order valence-corrected chi connectivity index (χ4v) is 4.43. The van der Waals surface area contributed by atoms with Crippen LogP contribution in [0.5, 0.6) is 0 Å². The molecule has 0 unspecified atom stereocenters. The summed E-state index contributed by atoms with van der Waals surface area (Å²) < 4.78 is 0. The summed E-state index contributed by atoms with van der Waals surface area (Å²) >= 11 is 0. The van der Waals surface area contributed by atoms with Gasteiger partial charge in [0.15, 0.2) is 0 Å². The van der Waals surface area contributed by atoms with Crippen molar-refractivity contribution in [1.82, 2.24) is 26.2 Å². The van der Waals surface area contributed by atoms with Crippen molar-refractivity contribution in [2.75, 3.05) is 6.54 Å². The number of hydrogen-bond acceptors (Lipinski definition) is 9. The molecule has 17 nitrogen and oxygen atoms in total. The standard InChI is InChI=1S/C26H43N7O10/c1-12(2)10-15(27)23(40)30-14(4)26(43)33-9-5-6-18(33)25(42)29-13(3)22(39)31-16(7-8-19(34)35)24(41)32-17(21(28)38)11-20(36)37/h12-18H,5-11,27H2,1-4H3,(H2,28,38)(H,29,42)(H,30,40)(H,31,39)(H,32,41)(H,34,35)(H,36,37)/t13-,14-,15-,16-,17-,18-/m0/s1. The van der Waals surface area contributed by atoms with Gasteiger partial charge >= 0.3 is 11.9 Å². The number of carboxylic acids is 2. The number of nitrogens with zero attached hydrogens (tertiary/aromatic N) is 1. The molecule has 1 fully saturated rings. The summed E-state index contributed by atoms with van der Waals surface area (Å²) in [7, 11) is 0. The minimum atomic E-state index is -1.62. The highest BCUT2D eigenvalue weighted by Crippen LogP contribution is 2.19. The Morgan fingerprint density at radius 1 is 0.814 bits per heavy atom. The van der Waals surface area contributed by atoms with Gasteiger partial charge in [-0.3, -0.25) is 38.4 Å². The second-order valence-corrected chi connectivity index (χ2v) is 10.9. The van der Waals surface area contributed by atoms with Gasteiger partial charge in [-0.05, 0) is 45.4 Å². The fourth-order valence-electron chi connectivity index (χ4n) is 4.43. The summed E-state index contributed by atoms with van der Waals surface area (Å²) in [5.41, 5.74) is 11.0. The van der Waals surface area contributed by atoms with Crippen LogP contribution >= 0.6 is 0 Å². The molecule has 0 aliphatic carbocycles. The monoisotopic (exact) mass is 613 g/mol. The van der Waals surface area contributed by atoms with E-state index in [1.54, 1.807) is 0 Å². The van der Waals surface area contributed by atoms with E-state index in [1.165, 1.54) is 18.7 Å². The molecule has 0 aromatic rings. The summed E-state index contributed by atoms with van der Waals surface area (Å²) in [5.74, 6) is -7.29. The molecule has 0 bridgehead atoms. The quantitative estimate of drug-likeness (QED) is 0.0826. The topological polar surface area (TPSA) is 280 Å². The van der Waals surface area contributed by atoms with Gasteiger partial charge in [0.25, 0.3) is 0 Å². The lowest BCUT2D eigenvalue weighted by molar-refractivity contribution is -0.142. The number of hydrogen-bond donors (Lipinski definition) is 8. The number of nitrogens with one attached hydrogen (secondary N) is 4. The van der Waals surface area contributed by atoms with Crippen LogP contribution in [0, 0.1) is 5.92 Å². The second-order valence-electron chi connectivity index (χ2n) is 10.9. The maximum absolute atomic E-state index is 13.1. The number of carboxylic acid groups (broad SMARTS) is 2. The molecule has 0 spiro atoms. The first-order valence-electron chi connectivity index (χ1n) is 13.9. The highest BCUT2D eigenvalue weighted by molar-refractivity contribution is 5.97. The van der Waals surface area contributed by atoms with E-state index in [0.29, 0.717) is 19.3 Å². The van der Waals surface area contributed by atoms with E-state index in [1.807, 2.05) is 13.8 Å². The number of rotatable bonds is 17. The molecule has 43 heavy (non-hydrogen) atoms. The first-order valence-corrected chi connectivity index (χ1v) is 13.9. The Kier molecular flexibility index (Phi) is 14.5. The number of amides is 6. The van der Waals surface area contributed by atoms with Gasteiger partial charge in [0.1, 0.15) is 30.2 Å². The maximum atomic E-state index is 13.1. The average Bonchev–Trinajstić information content (AvgIpc) is 3.39. The summed E-state index contributed by atoms with van der Waals surface area (Å²) in [6.07, 6.45) is -0.601. The van der Waals surface area contributed by atoms with Crippen molar-refractivity contribution in [3.05, 3.63) is 0 Å². The lowest BCUT2D eigenvalue weighted by atomic mass is 10.0. The minimum absolute atomic E-state index is 0.170. The summed E-state index contributed by atoms with van der Waals surface area (Å²) in [6, 6.07) is -7.07. The number of nitrogens with two attached hydrogens (primary N) is 2. The minimum Gasteiger partial charge on any atom is -0.481 e.